The maximum Gasteiger partial charge on any atom is 0.264 e. The van der Waals surface area contributed by atoms with Crippen LogP contribution in [0.4, 0.5) is 5.69 Å². The molecule has 10 heteroatoms. The third-order valence-corrected chi connectivity index (χ3v) is 8.47. The van der Waals surface area contributed by atoms with Crippen molar-refractivity contribution in [2.24, 2.45) is 0 Å². The zero-order valence-corrected chi connectivity index (χ0v) is 25.9. The van der Waals surface area contributed by atoms with Gasteiger partial charge in [0.1, 0.15) is 18.3 Å². The number of benzene rings is 3. The zero-order valence-electron chi connectivity index (χ0n) is 24.3. The van der Waals surface area contributed by atoms with E-state index < -0.39 is 34.1 Å². The summed E-state index contributed by atoms with van der Waals surface area (Å²) in [5.41, 5.74) is 1.37. The minimum Gasteiger partial charge on any atom is -0.495 e. The molecule has 0 heterocycles. The standard InChI is InChI=1S/C31H38ClN3O5S/c1-7-27(30(37)33-31(3,4)5)34(20-23-11-9-8-10-12-23)29(36)21-35(24-15-18-28(40-6)26(32)19-24)41(38,39)25-16-13-22(2)14-17-25/h8-19,27H,7,20-21H2,1-6H3,(H,33,37). The van der Waals surface area contributed by atoms with Crippen LogP contribution in [0.15, 0.2) is 77.7 Å². The van der Waals surface area contributed by atoms with Crippen LogP contribution in [0.1, 0.15) is 45.2 Å². The number of hydrogen-bond acceptors (Lipinski definition) is 5. The Hall–Kier alpha value is -3.56. The highest BCUT2D eigenvalue weighted by molar-refractivity contribution is 7.92. The first-order valence-corrected chi connectivity index (χ1v) is 15.2. The molecule has 41 heavy (non-hydrogen) atoms. The van der Waals surface area contributed by atoms with Crippen LogP contribution in [-0.2, 0) is 26.2 Å². The fraction of sp³-hybridized carbons (Fsp3) is 0.355. The van der Waals surface area contributed by atoms with E-state index in [1.54, 1.807) is 18.2 Å². The predicted octanol–water partition coefficient (Wildman–Crippen LogP) is 5.57. The first kappa shape index (κ1) is 32.0. The molecule has 8 nitrogen and oxygen atoms in total. The van der Waals surface area contributed by atoms with E-state index in [1.807, 2.05) is 65.0 Å². The number of sulfonamides is 1. The van der Waals surface area contributed by atoms with E-state index in [4.69, 9.17) is 16.3 Å². The van der Waals surface area contributed by atoms with Crippen molar-refractivity contribution in [2.45, 2.75) is 64.1 Å². The summed E-state index contributed by atoms with van der Waals surface area (Å²) in [4.78, 5) is 29.0. The summed E-state index contributed by atoms with van der Waals surface area (Å²) >= 11 is 6.38. The summed E-state index contributed by atoms with van der Waals surface area (Å²) in [7, 11) is -2.75. The van der Waals surface area contributed by atoms with E-state index in [1.165, 1.54) is 36.3 Å². The number of nitrogens with one attached hydrogen (secondary N) is 1. The molecule has 1 N–H and O–H groups in total. The highest BCUT2D eigenvalue weighted by Gasteiger charge is 2.34. The second-order valence-electron chi connectivity index (χ2n) is 10.8. The first-order chi connectivity index (χ1) is 19.3. The third kappa shape index (κ3) is 8.24. The van der Waals surface area contributed by atoms with Crippen LogP contribution < -0.4 is 14.4 Å². The van der Waals surface area contributed by atoms with Crippen LogP contribution >= 0.6 is 11.6 Å². The van der Waals surface area contributed by atoms with Crippen molar-refractivity contribution >= 4 is 39.1 Å². The molecule has 0 aliphatic carbocycles. The van der Waals surface area contributed by atoms with Crippen molar-refractivity contribution in [3.63, 3.8) is 0 Å². The Balaban J connectivity index is 2.09. The van der Waals surface area contributed by atoms with Crippen molar-refractivity contribution in [1.29, 1.82) is 0 Å². The molecule has 0 saturated heterocycles. The van der Waals surface area contributed by atoms with Gasteiger partial charge in [-0.25, -0.2) is 8.42 Å². The maximum atomic E-state index is 14.1. The fourth-order valence-corrected chi connectivity index (χ4v) is 5.99. The van der Waals surface area contributed by atoms with Crippen molar-refractivity contribution in [2.75, 3.05) is 18.0 Å². The number of ether oxygens (including phenoxy) is 1. The highest BCUT2D eigenvalue weighted by atomic mass is 35.5. The third-order valence-electron chi connectivity index (χ3n) is 6.39. The van der Waals surface area contributed by atoms with Crippen molar-refractivity contribution in [3.05, 3.63) is 88.9 Å². The number of amides is 2. The average Bonchev–Trinajstić information content (AvgIpc) is 2.91. The summed E-state index contributed by atoms with van der Waals surface area (Å²) in [6.07, 6.45) is 0.333. The molecule has 0 aliphatic rings. The van der Waals surface area contributed by atoms with Crippen LogP contribution in [0.5, 0.6) is 5.75 Å². The topological polar surface area (TPSA) is 96.0 Å². The molecule has 2 amide bonds. The molecule has 0 saturated carbocycles. The van der Waals surface area contributed by atoms with Gasteiger partial charge in [0.25, 0.3) is 10.0 Å². The molecule has 220 valence electrons. The molecule has 3 rings (SSSR count). The molecule has 0 aromatic heterocycles. The molecule has 1 atom stereocenters. The summed E-state index contributed by atoms with van der Waals surface area (Å²) in [5, 5.41) is 3.15. The van der Waals surface area contributed by atoms with E-state index in [0.29, 0.717) is 12.2 Å². The van der Waals surface area contributed by atoms with Crippen molar-refractivity contribution in [3.8, 4) is 5.75 Å². The monoisotopic (exact) mass is 599 g/mol. The molecule has 1 unspecified atom stereocenters. The summed E-state index contributed by atoms with van der Waals surface area (Å²) in [6.45, 7) is 8.85. The Morgan fingerprint density at radius 3 is 2.17 bits per heavy atom. The number of carbonyl (C=O) groups is 2. The van der Waals surface area contributed by atoms with Gasteiger partial charge in [-0.3, -0.25) is 13.9 Å². The van der Waals surface area contributed by atoms with Gasteiger partial charge < -0.3 is 15.0 Å². The second-order valence-corrected chi connectivity index (χ2v) is 13.1. The van der Waals surface area contributed by atoms with Gasteiger partial charge in [-0.15, -0.1) is 0 Å². The van der Waals surface area contributed by atoms with E-state index in [-0.39, 0.29) is 28.1 Å². The summed E-state index contributed by atoms with van der Waals surface area (Å²) in [6, 6.07) is 19.4. The van der Waals surface area contributed by atoms with Gasteiger partial charge >= 0.3 is 0 Å². The van der Waals surface area contributed by atoms with E-state index in [2.05, 4.69) is 5.32 Å². The normalized spacial score (nSPS) is 12.4. The second kappa shape index (κ2) is 13.4. The van der Waals surface area contributed by atoms with Gasteiger partial charge in [0.2, 0.25) is 11.8 Å². The molecule has 3 aromatic carbocycles. The van der Waals surface area contributed by atoms with Gasteiger partial charge in [0.05, 0.1) is 22.7 Å². The number of rotatable bonds is 11. The highest BCUT2D eigenvalue weighted by Crippen LogP contribution is 2.32. The van der Waals surface area contributed by atoms with Gasteiger partial charge in [-0.05, 0) is 70.0 Å². The Labute approximate surface area is 248 Å². The molecule has 0 spiro atoms. The largest absolute Gasteiger partial charge is 0.495 e. The van der Waals surface area contributed by atoms with Crippen LogP contribution in [0.25, 0.3) is 0 Å². The Bertz CT molecular complexity index is 1460. The lowest BCUT2D eigenvalue weighted by Gasteiger charge is -2.34. The van der Waals surface area contributed by atoms with E-state index in [0.717, 1.165) is 15.4 Å². The molecule has 3 aromatic rings. The van der Waals surface area contributed by atoms with Crippen LogP contribution in [0.3, 0.4) is 0 Å². The molecule has 0 radical (unpaired) electrons. The SMILES string of the molecule is CCC(C(=O)NC(C)(C)C)N(Cc1ccccc1)C(=O)CN(c1ccc(OC)c(Cl)c1)S(=O)(=O)c1ccc(C)cc1. The lowest BCUT2D eigenvalue weighted by atomic mass is 10.1. The maximum absolute atomic E-state index is 14.1. The first-order valence-electron chi connectivity index (χ1n) is 13.3. The number of halogens is 1. The lowest BCUT2D eigenvalue weighted by Crippen LogP contribution is -2.55. The van der Waals surface area contributed by atoms with Crippen LogP contribution in [0, 0.1) is 6.92 Å². The molecular weight excluding hydrogens is 562 g/mol. The molecule has 0 aliphatic heterocycles. The zero-order chi connectivity index (χ0) is 30.4. The van der Waals surface area contributed by atoms with Crippen LogP contribution in [-0.4, -0.2) is 50.4 Å². The predicted molar refractivity (Wildman–Crippen MR) is 163 cm³/mol. The number of anilines is 1. The Morgan fingerprint density at radius 2 is 1.63 bits per heavy atom. The quantitative estimate of drug-likeness (QED) is 0.311. The number of nitrogens with zero attached hydrogens (tertiary/aromatic N) is 2. The Kier molecular flexibility index (Phi) is 10.4. The fourth-order valence-electron chi connectivity index (χ4n) is 4.33. The van der Waals surface area contributed by atoms with Crippen molar-refractivity contribution in [1.82, 2.24) is 10.2 Å². The number of aryl methyl sites for hydroxylation is 1. The number of carbonyl (C=O) groups excluding carboxylic acids is 2. The molecule has 0 bridgehead atoms. The minimum atomic E-state index is -4.20. The van der Waals surface area contributed by atoms with Gasteiger partial charge in [0.15, 0.2) is 0 Å². The molecule has 0 fully saturated rings. The van der Waals surface area contributed by atoms with E-state index >= 15 is 0 Å². The lowest BCUT2D eigenvalue weighted by molar-refractivity contribution is -0.141. The van der Waals surface area contributed by atoms with Gasteiger partial charge in [-0.1, -0.05) is 66.6 Å². The average molecular weight is 600 g/mol. The van der Waals surface area contributed by atoms with Gasteiger partial charge in [0, 0.05) is 12.1 Å². The summed E-state index contributed by atoms with van der Waals surface area (Å²) in [5.74, 6) is -0.484. The number of hydrogen-bond donors (Lipinski definition) is 1. The number of methoxy groups -OCH3 is 1. The smallest absolute Gasteiger partial charge is 0.264 e. The van der Waals surface area contributed by atoms with Crippen LogP contribution in [0.2, 0.25) is 5.02 Å². The minimum absolute atomic E-state index is 0.0231. The summed E-state index contributed by atoms with van der Waals surface area (Å²) < 4.78 is 34.2. The van der Waals surface area contributed by atoms with E-state index in [9.17, 15) is 18.0 Å². The Morgan fingerprint density at radius 1 is 1.00 bits per heavy atom. The van der Waals surface area contributed by atoms with Crippen molar-refractivity contribution < 1.29 is 22.7 Å². The molecular formula is C31H38ClN3O5S. The van der Waals surface area contributed by atoms with Gasteiger partial charge in [-0.2, -0.15) is 0 Å².